The van der Waals surface area contributed by atoms with Gasteiger partial charge in [0.25, 0.3) is 0 Å². The molecule has 0 spiro atoms. The van der Waals surface area contributed by atoms with Gasteiger partial charge in [-0.2, -0.15) is 8.78 Å². The van der Waals surface area contributed by atoms with Gasteiger partial charge in [0.2, 0.25) is 0 Å². The van der Waals surface area contributed by atoms with Crippen molar-refractivity contribution >= 4 is 16.1 Å². The van der Waals surface area contributed by atoms with Gasteiger partial charge in [0.05, 0.1) is 6.26 Å². The maximum absolute atomic E-state index is 12.4. The third kappa shape index (κ3) is 5.21. The Morgan fingerprint density at radius 2 is 1.94 bits per heavy atom. The summed E-state index contributed by atoms with van der Waals surface area (Å²) in [6, 6.07) is 0. The first-order valence-electron chi connectivity index (χ1n) is 3.46. The number of esters is 1. The van der Waals surface area contributed by atoms with Gasteiger partial charge in [0, 0.05) is 0 Å². The Balaban J connectivity index is 0. The zero-order valence-corrected chi connectivity index (χ0v) is 11.1. The number of carbonyl (C=O) groups is 1. The van der Waals surface area contributed by atoms with Gasteiger partial charge in [-0.3, -0.25) is 0 Å². The van der Waals surface area contributed by atoms with E-state index >= 15 is 0 Å². The van der Waals surface area contributed by atoms with Gasteiger partial charge in [-0.25, -0.2) is 13.2 Å². The molecule has 0 N–H and O–H groups in total. The van der Waals surface area contributed by atoms with Gasteiger partial charge >= 0.3 is 40.8 Å². The average molecular weight is 268 g/mol. The van der Waals surface area contributed by atoms with Crippen LogP contribution in [0.4, 0.5) is 8.78 Å². The predicted molar refractivity (Wildman–Crippen MR) is 41.8 cm³/mol. The Bertz CT molecular complexity index is 341. The Hall–Kier alpha value is -0.220. The summed E-state index contributed by atoms with van der Waals surface area (Å²) in [5.41, 5.74) is 0. The largest absolute Gasteiger partial charge is 1.00 e. The second-order valence-corrected chi connectivity index (χ2v) is 3.57. The van der Waals surface area contributed by atoms with Crippen molar-refractivity contribution in [2.24, 2.45) is 0 Å². The smallest absolute Gasteiger partial charge is 0.743 e. The molecule has 0 amide bonds. The van der Waals surface area contributed by atoms with Gasteiger partial charge in [-0.15, -0.1) is 0 Å². The second kappa shape index (κ2) is 7.17. The average Bonchev–Trinajstić information content (AvgIpc) is 2.10. The van der Waals surface area contributed by atoms with E-state index in [1.807, 2.05) is 0 Å². The fourth-order valence-electron chi connectivity index (χ4n) is 0.452. The van der Waals surface area contributed by atoms with E-state index in [1.54, 1.807) is 0 Å². The molecule has 0 aromatic carbocycles. The van der Waals surface area contributed by atoms with Crippen LogP contribution in [0.2, 0.25) is 0 Å². The van der Waals surface area contributed by atoms with Crippen molar-refractivity contribution < 1.29 is 65.6 Å². The number of alkyl halides is 2. The number of rotatable bonds is 6. The zero-order valence-electron chi connectivity index (χ0n) is 8.31. The molecule has 0 radical (unpaired) electrons. The second-order valence-electron chi connectivity index (χ2n) is 2.14. The maximum atomic E-state index is 12.4. The van der Waals surface area contributed by atoms with Crippen LogP contribution in [-0.4, -0.2) is 37.4 Å². The quantitative estimate of drug-likeness (QED) is 0.166. The molecule has 0 unspecified atom stereocenters. The van der Waals surface area contributed by atoms with Crippen molar-refractivity contribution in [1.82, 2.24) is 0 Å². The molecule has 0 saturated heterocycles. The summed E-state index contributed by atoms with van der Waals surface area (Å²) in [7, 11) is -6.06. The van der Waals surface area contributed by atoms with Gasteiger partial charge in [-0.05, 0) is 0 Å². The van der Waals surface area contributed by atoms with Crippen LogP contribution >= 0.6 is 0 Å². The normalized spacial score (nSPS) is 11.2. The summed E-state index contributed by atoms with van der Waals surface area (Å²) in [6.07, 6.45) is 0.969. The minimum Gasteiger partial charge on any atom is -0.743 e. The number of hydrogen-bond acceptors (Lipinski definition) is 6. The molecule has 0 aliphatic carbocycles. The van der Waals surface area contributed by atoms with Crippen LogP contribution in [0.1, 0.15) is 0 Å². The third-order valence-electron chi connectivity index (χ3n) is 1.10. The molecule has 0 aromatic heterocycles. The third-order valence-corrected chi connectivity index (χ3v) is 1.90. The summed E-state index contributed by atoms with van der Waals surface area (Å²) in [5.74, 6) is -2.43. The minimum atomic E-state index is -6.06. The standard InChI is InChI=1S/C6H8F2O6S.Na/c1-2-13-3-4-14-5(9)6(7,8)15(10,11)12;/h2H,1,3-4H2,(H,10,11,12);/q;+1/p-1. The van der Waals surface area contributed by atoms with E-state index in [1.165, 1.54) is 0 Å². The van der Waals surface area contributed by atoms with E-state index in [4.69, 9.17) is 0 Å². The van der Waals surface area contributed by atoms with Crippen LogP contribution < -0.4 is 29.6 Å². The van der Waals surface area contributed by atoms with E-state index in [0.717, 1.165) is 6.26 Å². The molecular weight excluding hydrogens is 261 g/mol. The van der Waals surface area contributed by atoms with Crippen LogP contribution in [-0.2, 0) is 24.4 Å². The first kappa shape index (κ1) is 18.2. The summed E-state index contributed by atoms with van der Waals surface area (Å²) >= 11 is 0. The minimum absolute atomic E-state index is 0. The fourth-order valence-corrected chi connectivity index (χ4v) is 0.715. The van der Waals surface area contributed by atoms with E-state index in [0.29, 0.717) is 0 Å². The molecule has 88 valence electrons. The van der Waals surface area contributed by atoms with Crippen LogP contribution in [0.15, 0.2) is 12.8 Å². The van der Waals surface area contributed by atoms with Crippen LogP contribution in [0.25, 0.3) is 0 Å². The van der Waals surface area contributed by atoms with E-state index in [-0.39, 0.29) is 36.2 Å². The molecule has 0 aliphatic rings. The number of ether oxygens (including phenoxy) is 2. The van der Waals surface area contributed by atoms with Gasteiger partial charge in [0.1, 0.15) is 13.2 Å². The van der Waals surface area contributed by atoms with Crippen molar-refractivity contribution in [3.63, 3.8) is 0 Å². The van der Waals surface area contributed by atoms with Gasteiger partial charge in [-0.1, -0.05) is 6.58 Å². The predicted octanol–water partition coefficient (Wildman–Crippen LogP) is -3.17. The van der Waals surface area contributed by atoms with Crippen LogP contribution in [0.3, 0.4) is 0 Å². The van der Waals surface area contributed by atoms with E-state index < -0.39 is 27.9 Å². The molecular formula is C6H7F2NaO6S. The molecule has 0 bridgehead atoms. The molecule has 0 atom stereocenters. The molecule has 6 nitrogen and oxygen atoms in total. The first-order valence-corrected chi connectivity index (χ1v) is 4.87. The van der Waals surface area contributed by atoms with Gasteiger partial charge in [0.15, 0.2) is 10.1 Å². The zero-order chi connectivity index (χ0) is 12.1. The Kier molecular flexibility index (Phi) is 8.14. The van der Waals surface area contributed by atoms with Crippen LogP contribution in [0.5, 0.6) is 0 Å². The number of hydrogen-bond donors (Lipinski definition) is 0. The van der Waals surface area contributed by atoms with Gasteiger partial charge < -0.3 is 14.0 Å². The molecule has 0 fully saturated rings. The molecule has 16 heavy (non-hydrogen) atoms. The molecule has 0 heterocycles. The Morgan fingerprint density at radius 3 is 2.31 bits per heavy atom. The Morgan fingerprint density at radius 1 is 1.44 bits per heavy atom. The Labute approximate surface area is 113 Å². The molecule has 10 heteroatoms. The number of halogens is 2. The van der Waals surface area contributed by atoms with E-state index in [9.17, 15) is 26.5 Å². The number of carbonyl (C=O) groups excluding carboxylic acids is 1. The van der Waals surface area contributed by atoms with Crippen LogP contribution in [0, 0.1) is 0 Å². The summed E-state index contributed by atoms with van der Waals surface area (Å²) < 4.78 is 62.8. The van der Waals surface area contributed by atoms with Crippen molar-refractivity contribution in [2.75, 3.05) is 13.2 Å². The summed E-state index contributed by atoms with van der Waals surface area (Å²) in [6.45, 7) is 2.22. The molecule has 0 aromatic rings. The van der Waals surface area contributed by atoms with E-state index in [2.05, 4.69) is 16.1 Å². The monoisotopic (exact) mass is 268 g/mol. The van der Waals surface area contributed by atoms with Crippen molar-refractivity contribution in [3.8, 4) is 0 Å². The maximum Gasteiger partial charge on any atom is 1.00 e. The van der Waals surface area contributed by atoms with Crippen molar-refractivity contribution in [3.05, 3.63) is 12.8 Å². The summed E-state index contributed by atoms with van der Waals surface area (Å²) in [4.78, 5) is 10.4. The molecule has 0 rings (SSSR count). The topological polar surface area (TPSA) is 92.7 Å². The first-order chi connectivity index (χ1) is 6.73. The SMILES string of the molecule is C=COCCOC(=O)C(F)(F)S(=O)(=O)[O-].[Na+]. The van der Waals surface area contributed by atoms with Crippen molar-refractivity contribution in [1.29, 1.82) is 0 Å². The van der Waals surface area contributed by atoms with Crippen molar-refractivity contribution in [2.45, 2.75) is 5.25 Å². The molecule has 0 aliphatic heterocycles. The molecule has 0 saturated carbocycles. The fraction of sp³-hybridized carbons (Fsp3) is 0.500. The summed E-state index contributed by atoms with van der Waals surface area (Å²) in [5, 5.41) is -5.08.